The number of Topliss-reactive ketones (excluding diaryl/α,β-unsaturated/α-hetero) is 1. The highest BCUT2D eigenvalue weighted by molar-refractivity contribution is 6.03. The van der Waals surface area contributed by atoms with Gasteiger partial charge in [-0.2, -0.15) is 0 Å². The Balaban J connectivity index is 2.43. The number of aromatic hydroxyl groups is 3. The van der Waals surface area contributed by atoms with E-state index in [9.17, 15) is 20.1 Å². The number of ketones is 1. The molecule has 122 valence electrons. The molecule has 0 radical (unpaired) electrons. The number of phenolic OH excluding ortho intramolecular Hbond substituents is 3. The first kappa shape index (κ1) is 16.5. The zero-order valence-electron chi connectivity index (χ0n) is 13.1. The lowest BCUT2D eigenvalue weighted by atomic mass is 9.98. The van der Waals surface area contributed by atoms with Gasteiger partial charge in [-0.05, 0) is 13.0 Å². The molecule has 0 aliphatic heterocycles. The minimum absolute atomic E-state index is 0.105. The van der Waals surface area contributed by atoms with Crippen molar-refractivity contribution in [3.63, 3.8) is 0 Å². The molecule has 0 aliphatic carbocycles. The molecule has 0 saturated heterocycles. The van der Waals surface area contributed by atoms with Crippen molar-refractivity contribution in [1.29, 1.82) is 0 Å². The van der Waals surface area contributed by atoms with Gasteiger partial charge in [0.25, 0.3) is 0 Å². The number of para-hydroxylation sites is 1. The molecular weight excluding hydrogens is 300 g/mol. The van der Waals surface area contributed by atoms with Gasteiger partial charge in [-0.1, -0.05) is 12.1 Å². The quantitative estimate of drug-likeness (QED) is 0.733. The predicted molar refractivity (Wildman–Crippen MR) is 83.8 cm³/mol. The summed E-state index contributed by atoms with van der Waals surface area (Å²) in [6, 6.07) is 6.14. The average molecular weight is 318 g/mol. The van der Waals surface area contributed by atoms with Crippen molar-refractivity contribution in [2.45, 2.75) is 13.3 Å². The number of carbonyl (C=O) groups excluding carboxylic acids is 1. The summed E-state index contributed by atoms with van der Waals surface area (Å²) in [5.41, 5.74) is 0.454. The zero-order chi connectivity index (χ0) is 17.1. The van der Waals surface area contributed by atoms with Crippen LogP contribution in [0.1, 0.15) is 21.5 Å². The number of hydrogen-bond acceptors (Lipinski definition) is 6. The lowest BCUT2D eigenvalue weighted by Gasteiger charge is -2.14. The summed E-state index contributed by atoms with van der Waals surface area (Å²) in [5, 5.41) is 29.5. The third-order valence-electron chi connectivity index (χ3n) is 3.62. The van der Waals surface area contributed by atoms with E-state index in [2.05, 4.69) is 0 Å². The van der Waals surface area contributed by atoms with E-state index in [1.165, 1.54) is 21.1 Å². The number of methoxy groups -OCH3 is 2. The number of rotatable bonds is 5. The van der Waals surface area contributed by atoms with E-state index in [-0.39, 0.29) is 23.3 Å². The predicted octanol–water partition coefficient (Wildman–Crippen LogP) is 2.55. The Labute approximate surface area is 133 Å². The summed E-state index contributed by atoms with van der Waals surface area (Å²) in [6.07, 6.45) is -0.105. The van der Waals surface area contributed by atoms with Crippen molar-refractivity contribution in [3.8, 4) is 28.7 Å². The summed E-state index contributed by atoms with van der Waals surface area (Å²) in [4.78, 5) is 12.5. The molecule has 0 heterocycles. The third-order valence-corrected chi connectivity index (χ3v) is 3.62. The van der Waals surface area contributed by atoms with E-state index in [4.69, 9.17) is 9.47 Å². The van der Waals surface area contributed by atoms with Gasteiger partial charge in [0, 0.05) is 23.6 Å². The lowest BCUT2D eigenvalue weighted by Crippen LogP contribution is -2.07. The molecule has 0 spiro atoms. The molecule has 2 aromatic rings. The van der Waals surface area contributed by atoms with Crippen LogP contribution < -0.4 is 9.47 Å². The highest BCUT2D eigenvalue weighted by Gasteiger charge is 2.22. The average Bonchev–Trinajstić information content (AvgIpc) is 2.52. The molecule has 0 aromatic heterocycles. The number of phenols is 3. The zero-order valence-corrected chi connectivity index (χ0v) is 13.1. The topological polar surface area (TPSA) is 96.2 Å². The van der Waals surface area contributed by atoms with Gasteiger partial charge >= 0.3 is 0 Å². The first-order valence-electron chi connectivity index (χ1n) is 6.88. The van der Waals surface area contributed by atoms with Crippen molar-refractivity contribution >= 4 is 5.78 Å². The molecule has 0 unspecified atom stereocenters. The Bertz CT molecular complexity index is 751. The van der Waals surface area contributed by atoms with Crippen LogP contribution in [0.4, 0.5) is 0 Å². The smallest absolute Gasteiger partial charge is 0.174 e. The van der Waals surface area contributed by atoms with E-state index in [1.807, 2.05) is 0 Å². The molecule has 0 saturated carbocycles. The van der Waals surface area contributed by atoms with E-state index in [0.29, 0.717) is 17.1 Å². The maximum absolute atomic E-state index is 12.5. The fourth-order valence-corrected chi connectivity index (χ4v) is 2.37. The van der Waals surface area contributed by atoms with Gasteiger partial charge in [-0.25, -0.2) is 0 Å². The van der Waals surface area contributed by atoms with E-state index in [1.54, 1.807) is 18.2 Å². The van der Waals surface area contributed by atoms with Crippen molar-refractivity contribution in [2.24, 2.45) is 0 Å². The molecule has 0 bridgehead atoms. The minimum atomic E-state index is -0.505. The van der Waals surface area contributed by atoms with Crippen LogP contribution in [0.5, 0.6) is 28.7 Å². The molecule has 0 amide bonds. The van der Waals surface area contributed by atoms with E-state index >= 15 is 0 Å². The highest BCUT2D eigenvalue weighted by atomic mass is 16.5. The summed E-state index contributed by atoms with van der Waals surface area (Å²) >= 11 is 0. The van der Waals surface area contributed by atoms with Gasteiger partial charge in [0.2, 0.25) is 0 Å². The summed E-state index contributed by atoms with van der Waals surface area (Å²) in [5.74, 6) is -0.803. The van der Waals surface area contributed by atoms with Gasteiger partial charge in [0.05, 0.1) is 14.2 Å². The maximum atomic E-state index is 12.5. The fraction of sp³-hybridized carbons (Fsp3) is 0.235. The molecule has 3 N–H and O–H groups in total. The van der Waals surface area contributed by atoms with Gasteiger partial charge in [0.1, 0.15) is 22.8 Å². The summed E-state index contributed by atoms with van der Waals surface area (Å²) < 4.78 is 10.4. The van der Waals surface area contributed by atoms with E-state index in [0.717, 1.165) is 6.07 Å². The second kappa shape index (κ2) is 6.48. The van der Waals surface area contributed by atoms with Crippen LogP contribution in [0, 0.1) is 6.92 Å². The first-order valence-corrected chi connectivity index (χ1v) is 6.88. The van der Waals surface area contributed by atoms with Crippen LogP contribution in [0.3, 0.4) is 0 Å². The molecule has 6 heteroatoms. The Hall–Kier alpha value is -2.89. The Morgan fingerprint density at radius 2 is 1.78 bits per heavy atom. The van der Waals surface area contributed by atoms with Crippen LogP contribution >= 0.6 is 0 Å². The Morgan fingerprint density at radius 1 is 1.09 bits per heavy atom. The van der Waals surface area contributed by atoms with Crippen LogP contribution in [0.25, 0.3) is 0 Å². The monoisotopic (exact) mass is 318 g/mol. The second-order valence-corrected chi connectivity index (χ2v) is 5.02. The summed E-state index contributed by atoms with van der Waals surface area (Å²) in [7, 11) is 2.95. The molecule has 0 fully saturated rings. The standard InChI is InChI=1S/C17H18O6/c1-9-11(18)8-13(20)15(16(9)21)12(19)7-10-5-4-6-14(22-2)17(10)23-3/h4-6,8,18,20-21H,7H2,1-3H3. The number of benzene rings is 2. The highest BCUT2D eigenvalue weighted by Crippen LogP contribution is 2.38. The van der Waals surface area contributed by atoms with Crippen LogP contribution in [-0.4, -0.2) is 35.3 Å². The van der Waals surface area contributed by atoms with Crippen LogP contribution in [0.2, 0.25) is 0 Å². The SMILES string of the molecule is COc1cccc(CC(=O)c2c(O)cc(O)c(C)c2O)c1OC. The van der Waals surface area contributed by atoms with Crippen LogP contribution in [-0.2, 0) is 6.42 Å². The van der Waals surface area contributed by atoms with Crippen molar-refractivity contribution < 1.29 is 29.6 Å². The Morgan fingerprint density at radius 3 is 2.39 bits per heavy atom. The second-order valence-electron chi connectivity index (χ2n) is 5.02. The largest absolute Gasteiger partial charge is 0.507 e. The van der Waals surface area contributed by atoms with Gasteiger partial charge < -0.3 is 24.8 Å². The van der Waals surface area contributed by atoms with Gasteiger partial charge in [-0.15, -0.1) is 0 Å². The lowest BCUT2D eigenvalue weighted by molar-refractivity contribution is 0.0986. The number of carbonyl (C=O) groups is 1. The first-order chi connectivity index (χ1) is 10.9. The molecule has 2 aromatic carbocycles. The normalized spacial score (nSPS) is 10.4. The minimum Gasteiger partial charge on any atom is -0.507 e. The fourth-order valence-electron chi connectivity index (χ4n) is 2.37. The molecule has 0 atom stereocenters. The van der Waals surface area contributed by atoms with Gasteiger partial charge in [0.15, 0.2) is 17.3 Å². The number of ether oxygens (including phenoxy) is 2. The third kappa shape index (κ3) is 3.01. The molecule has 0 aliphatic rings. The van der Waals surface area contributed by atoms with Crippen molar-refractivity contribution in [1.82, 2.24) is 0 Å². The maximum Gasteiger partial charge on any atom is 0.174 e. The Kier molecular flexibility index (Phi) is 4.64. The van der Waals surface area contributed by atoms with Crippen molar-refractivity contribution in [3.05, 3.63) is 41.0 Å². The molecule has 23 heavy (non-hydrogen) atoms. The van der Waals surface area contributed by atoms with Gasteiger partial charge in [-0.3, -0.25) is 4.79 Å². The van der Waals surface area contributed by atoms with E-state index < -0.39 is 17.3 Å². The number of hydrogen-bond donors (Lipinski definition) is 3. The molecule has 2 rings (SSSR count). The summed E-state index contributed by atoms with van der Waals surface area (Å²) in [6.45, 7) is 1.45. The molecular formula is C17H18O6. The van der Waals surface area contributed by atoms with Crippen LogP contribution in [0.15, 0.2) is 24.3 Å². The molecule has 6 nitrogen and oxygen atoms in total. The van der Waals surface area contributed by atoms with Crippen molar-refractivity contribution in [2.75, 3.05) is 14.2 Å².